The maximum atomic E-state index is 12.4. The third-order valence-electron chi connectivity index (χ3n) is 3.82. The Bertz CT molecular complexity index is 927. The summed E-state index contributed by atoms with van der Waals surface area (Å²) in [7, 11) is 0. The Balaban J connectivity index is 2.60. The summed E-state index contributed by atoms with van der Waals surface area (Å²) in [6, 6.07) is 6.76. The number of aromatic hydroxyl groups is 1. The molecule has 0 atom stereocenters. The molecule has 0 aliphatic rings. The Morgan fingerprint density at radius 3 is 2.76 bits per heavy atom. The third kappa shape index (κ3) is 4.04. The Morgan fingerprint density at radius 1 is 1.40 bits per heavy atom. The van der Waals surface area contributed by atoms with Gasteiger partial charge >= 0.3 is 0 Å². The second-order valence-electron chi connectivity index (χ2n) is 5.51. The summed E-state index contributed by atoms with van der Waals surface area (Å²) in [5, 5.41) is 20.7. The Morgan fingerprint density at radius 2 is 2.12 bits per heavy atom. The van der Waals surface area contributed by atoms with Gasteiger partial charge in [0.05, 0.1) is 16.3 Å². The molecule has 1 heterocycles. The molecule has 1 aromatic heterocycles. The predicted octanol–water partition coefficient (Wildman–Crippen LogP) is 4.59. The zero-order valence-electron chi connectivity index (χ0n) is 13.9. The van der Waals surface area contributed by atoms with Crippen LogP contribution >= 0.6 is 23.2 Å². The van der Waals surface area contributed by atoms with Gasteiger partial charge in [0, 0.05) is 17.8 Å². The van der Waals surface area contributed by atoms with Crippen molar-refractivity contribution >= 4 is 35.1 Å². The van der Waals surface area contributed by atoms with Crippen molar-refractivity contribution in [2.45, 2.75) is 33.2 Å². The Labute approximate surface area is 155 Å². The zero-order chi connectivity index (χ0) is 18.6. The van der Waals surface area contributed by atoms with Crippen molar-refractivity contribution in [3.8, 4) is 11.9 Å². The minimum atomic E-state index is -0.496. The highest BCUT2D eigenvalue weighted by molar-refractivity contribution is 6.35. The van der Waals surface area contributed by atoms with E-state index in [2.05, 4.69) is 4.99 Å². The molecule has 130 valence electrons. The molecule has 0 aliphatic heterocycles. The van der Waals surface area contributed by atoms with Gasteiger partial charge in [-0.05, 0) is 37.1 Å². The second kappa shape index (κ2) is 8.19. The molecule has 7 heteroatoms. The number of halogens is 2. The lowest BCUT2D eigenvalue weighted by Crippen LogP contribution is -2.25. The average molecular weight is 378 g/mol. The van der Waals surface area contributed by atoms with E-state index in [1.54, 1.807) is 25.1 Å². The van der Waals surface area contributed by atoms with E-state index in [4.69, 9.17) is 23.2 Å². The summed E-state index contributed by atoms with van der Waals surface area (Å²) < 4.78 is 1.20. The molecular weight excluding hydrogens is 361 g/mol. The van der Waals surface area contributed by atoms with E-state index in [0.29, 0.717) is 39.8 Å². The Hall–Kier alpha value is -2.29. The van der Waals surface area contributed by atoms with Crippen molar-refractivity contribution in [3.05, 3.63) is 55.3 Å². The number of aliphatic imine (C=N–C) groups is 1. The number of rotatable bonds is 5. The van der Waals surface area contributed by atoms with Crippen LogP contribution in [-0.4, -0.2) is 15.9 Å². The largest absolute Gasteiger partial charge is 0.494 e. The standard InChI is InChI=1S/C18H17Cl2N3O2/c1-3-4-7-23-17(24)13(9-21)11(2)14(18(23)25)10-22-16-8-12(19)5-6-15(16)20/h5-6,8,10,25H,3-4,7H2,1-2H3. The van der Waals surface area contributed by atoms with Crippen molar-refractivity contribution in [3.63, 3.8) is 0 Å². The van der Waals surface area contributed by atoms with Crippen molar-refractivity contribution in [2.75, 3.05) is 0 Å². The molecule has 0 radical (unpaired) electrons. The summed E-state index contributed by atoms with van der Waals surface area (Å²) in [6.45, 7) is 3.91. The van der Waals surface area contributed by atoms with Crippen LogP contribution in [0.15, 0.2) is 28.0 Å². The van der Waals surface area contributed by atoms with Crippen LogP contribution in [0.3, 0.4) is 0 Å². The number of nitrogens with zero attached hydrogens (tertiary/aromatic N) is 3. The van der Waals surface area contributed by atoms with E-state index in [9.17, 15) is 15.2 Å². The molecule has 0 bridgehead atoms. The quantitative estimate of drug-likeness (QED) is 0.773. The van der Waals surface area contributed by atoms with Gasteiger partial charge in [0.15, 0.2) is 0 Å². The van der Waals surface area contributed by atoms with Crippen LogP contribution in [0.25, 0.3) is 0 Å². The van der Waals surface area contributed by atoms with Gasteiger partial charge in [0.2, 0.25) is 5.88 Å². The molecular formula is C18H17Cl2N3O2. The first-order chi connectivity index (χ1) is 11.9. The summed E-state index contributed by atoms with van der Waals surface area (Å²) in [4.78, 5) is 16.6. The van der Waals surface area contributed by atoms with Crippen molar-refractivity contribution in [1.82, 2.24) is 4.57 Å². The fraction of sp³-hybridized carbons (Fsp3) is 0.278. The molecule has 0 unspecified atom stereocenters. The van der Waals surface area contributed by atoms with Gasteiger partial charge in [0.25, 0.3) is 5.56 Å². The van der Waals surface area contributed by atoms with Gasteiger partial charge < -0.3 is 5.11 Å². The van der Waals surface area contributed by atoms with Gasteiger partial charge in [-0.3, -0.25) is 14.4 Å². The van der Waals surface area contributed by atoms with Crippen LogP contribution in [0.2, 0.25) is 10.0 Å². The van der Waals surface area contributed by atoms with Crippen LogP contribution in [0.4, 0.5) is 5.69 Å². The van der Waals surface area contributed by atoms with Crippen molar-refractivity contribution < 1.29 is 5.11 Å². The molecule has 0 fully saturated rings. The number of aromatic nitrogens is 1. The highest BCUT2D eigenvalue weighted by Crippen LogP contribution is 2.29. The fourth-order valence-electron chi connectivity index (χ4n) is 2.37. The predicted molar refractivity (Wildman–Crippen MR) is 100 cm³/mol. The highest BCUT2D eigenvalue weighted by Gasteiger charge is 2.17. The molecule has 25 heavy (non-hydrogen) atoms. The molecule has 5 nitrogen and oxygen atoms in total. The molecule has 0 amide bonds. The van der Waals surface area contributed by atoms with E-state index in [-0.39, 0.29) is 11.4 Å². The van der Waals surface area contributed by atoms with Crippen molar-refractivity contribution in [1.29, 1.82) is 5.26 Å². The highest BCUT2D eigenvalue weighted by atomic mass is 35.5. The summed E-state index contributed by atoms with van der Waals surface area (Å²) in [5.41, 5.74) is 0.608. The number of nitriles is 1. The van der Waals surface area contributed by atoms with Crippen LogP contribution in [0, 0.1) is 18.3 Å². The second-order valence-corrected chi connectivity index (χ2v) is 6.36. The molecule has 2 aromatic rings. The lowest BCUT2D eigenvalue weighted by molar-refractivity contribution is 0.400. The lowest BCUT2D eigenvalue weighted by atomic mass is 10.1. The molecule has 0 saturated heterocycles. The van der Waals surface area contributed by atoms with Gasteiger partial charge in [-0.1, -0.05) is 36.5 Å². The van der Waals surface area contributed by atoms with Crippen LogP contribution in [0.1, 0.15) is 36.5 Å². The minimum Gasteiger partial charge on any atom is -0.494 e. The lowest BCUT2D eigenvalue weighted by Gasteiger charge is -2.13. The first-order valence-electron chi connectivity index (χ1n) is 7.76. The smallest absolute Gasteiger partial charge is 0.271 e. The van der Waals surface area contributed by atoms with E-state index in [1.807, 2.05) is 13.0 Å². The summed E-state index contributed by atoms with van der Waals surface area (Å²) >= 11 is 12.0. The van der Waals surface area contributed by atoms with Gasteiger partial charge in [-0.2, -0.15) is 5.26 Å². The summed E-state index contributed by atoms with van der Waals surface area (Å²) in [6.07, 6.45) is 2.95. The number of unbranched alkanes of at least 4 members (excludes halogenated alkanes) is 1. The van der Waals surface area contributed by atoms with Gasteiger partial charge in [-0.25, -0.2) is 0 Å². The van der Waals surface area contributed by atoms with Crippen LogP contribution < -0.4 is 5.56 Å². The molecule has 0 spiro atoms. The number of hydrogen-bond acceptors (Lipinski definition) is 4. The minimum absolute atomic E-state index is 0.00690. The molecule has 0 saturated carbocycles. The van der Waals surface area contributed by atoms with E-state index in [1.165, 1.54) is 10.8 Å². The van der Waals surface area contributed by atoms with Crippen LogP contribution in [0.5, 0.6) is 5.88 Å². The van der Waals surface area contributed by atoms with Gasteiger partial charge in [0.1, 0.15) is 11.6 Å². The molecule has 1 N–H and O–H groups in total. The van der Waals surface area contributed by atoms with E-state index < -0.39 is 5.56 Å². The number of hydrogen-bond donors (Lipinski definition) is 1. The molecule has 0 aliphatic carbocycles. The zero-order valence-corrected chi connectivity index (χ0v) is 15.4. The maximum absolute atomic E-state index is 12.4. The van der Waals surface area contributed by atoms with E-state index >= 15 is 0 Å². The summed E-state index contributed by atoms with van der Waals surface area (Å²) in [5.74, 6) is -0.211. The first kappa shape index (κ1) is 19.0. The van der Waals surface area contributed by atoms with Crippen molar-refractivity contribution in [2.24, 2.45) is 4.99 Å². The average Bonchev–Trinajstić information content (AvgIpc) is 2.58. The van der Waals surface area contributed by atoms with Gasteiger partial charge in [-0.15, -0.1) is 0 Å². The maximum Gasteiger partial charge on any atom is 0.271 e. The molecule has 1 aromatic carbocycles. The van der Waals surface area contributed by atoms with Crippen LogP contribution in [-0.2, 0) is 6.54 Å². The fourth-order valence-corrected chi connectivity index (χ4v) is 2.70. The first-order valence-corrected chi connectivity index (χ1v) is 8.51. The van der Waals surface area contributed by atoms with E-state index in [0.717, 1.165) is 6.42 Å². The Kier molecular flexibility index (Phi) is 6.24. The molecule has 2 rings (SSSR count). The number of pyridine rings is 1. The normalized spacial score (nSPS) is 11.0. The monoisotopic (exact) mass is 377 g/mol. The topological polar surface area (TPSA) is 78.4 Å². The number of benzene rings is 1. The third-order valence-corrected chi connectivity index (χ3v) is 4.38. The SMILES string of the molecule is CCCCn1c(O)c(C=Nc2cc(Cl)ccc2Cl)c(C)c(C#N)c1=O.